The van der Waals surface area contributed by atoms with E-state index in [4.69, 9.17) is 0 Å². The molecule has 1 aromatic carbocycles. The zero-order valence-corrected chi connectivity index (χ0v) is 15.0. The molecule has 5 nitrogen and oxygen atoms in total. The summed E-state index contributed by atoms with van der Waals surface area (Å²) in [5.41, 5.74) is 1.29. The Bertz CT molecular complexity index is 685. The SMILES string of the molecule is CCC1CCCCN1C(=O)C1CC(=O)N(c2cccc(C(C)=O)c2)C1. The molecule has 0 saturated carbocycles. The van der Waals surface area contributed by atoms with Crippen molar-refractivity contribution in [3.8, 4) is 0 Å². The molecule has 0 N–H and O–H groups in total. The average molecular weight is 342 g/mol. The first kappa shape index (κ1) is 17.6. The van der Waals surface area contributed by atoms with Gasteiger partial charge < -0.3 is 9.80 Å². The molecule has 134 valence electrons. The zero-order chi connectivity index (χ0) is 18.0. The van der Waals surface area contributed by atoms with Crippen LogP contribution in [0.4, 0.5) is 5.69 Å². The minimum absolute atomic E-state index is 0.0276. The number of hydrogen-bond acceptors (Lipinski definition) is 3. The van der Waals surface area contributed by atoms with E-state index in [1.165, 1.54) is 13.3 Å². The van der Waals surface area contributed by atoms with Crippen LogP contribution < -0.4 is 4.90 Å². The number of carbonyl (C=O) groups excluding carboxylic acids is 3. The van der Waals surface area contributed by atoms with Gasteiger partial charge >= 0.3 is 0 Å². The average Bonchev–Trinajstić information content (AvgIpc) is 3.03. The van der Waals surface area contributed by atoms with Crippen molar-refractivity contribution in [3.05, 3.63) is 29.8 Å². The van der Waals surface area contributed by atoms with Crippen molar-refractivity contribution in [3.63, 3.8) is 0 Å². The predicted molar refractivity (Wildman–Crippen MR) is 96.5 cm³/mol. The van der Waals surface area contributed by atoms with Crippen LogP contribution in [0.25, 0.3) is 0 Å². The molecule has 2 aliphatic heterocycles. The Kier molecular flexibility index (Phi) is 5.21. The van der Waals surface area contributed by atoms with E-state index in [-0.39, 0.29) is 29.9 Å². The van der Waals surface area contributed by atoms with Crippen LogP contribution in [0, 0.1) is 5.92 Å². The summed E-state index contributed by atoms with van der Waals surface area (Å²) < 4.78 is 0. The lowest BCUT2D eigenvalue weighted by Crippen LogP contribution is -2.46. The van der Waals surface area contributed by atoms with Gasteiger partial charge in [0.15, 0.2) is 5.78 Å². The molecule has 3 rings (SSSR count). The molecular weight excluding hydrogens is 316 g/mol. The Labute approximate surface area is 149 Å². The Hall–Kier alpha value is -2.17. The smallest absolute Gasteiger partial charge is 0.228 e. The molecule has 2 saturated heterocycles. The number of amides is 2. The number of carbonyl (C=O) groups is 3. The molecule has 1 aromatic rings. The molecule has 0 aliphatic carbocycles. The number of likely N-dealkylation sites (tertiary alicyclic amines) is 1. The molecule has 5 heteroatoms. The molecule has 2 aliphatic rings. The fraction of sp³-hybridized carbons (Fsp3) is 0.550. The van der Waals surface area contributed by atoms with Gasteiger partial charge in [-0.05, 0) is 44.7 Å². The lowest BCUT2D eigenvalue weighted by atomic mass is 9.97. The standard InChI is InChI=1S/C20H26N2O3/c1-3-17-8-4-5-10-21(17)20(25)16-12-19(24)22(13-16)18-9-6-7-15(11-18)14(2)23/h6-7,9,11,16-17H,3-5,8,10,12-13H2,1-2H3. The van der Waals surface area contributed by atoms with Gasteiger partial charge in [-0.15, -0.1) is 0 Å². The molecule has 2 fully saturated rings. The van der Waals surface area contributed by atoms with Gasteiger partial charge in [-0.25, -0.2) is 0 Å². The third kappa shape index (κ3) is 3.60. The fourth-order valence-electron chi connectivity index (χ4n) is 3.97. The van der Waals surface area contributed by atoms with Crippen LogP contribution in [0.3, 0.4) is 0 Å². The first-order valence-corrected chi connectivity index (χ1v) is 9.23. The van der Waals surface area contributed by atoms with Gasteiger partial charge in [0, 0.05) is 36.8 Å². The maximum Gasteiger partial charge on any atom is 0.228 e. The summed E-state index contributed by atoms with van der Waals surface area (Å²) in [5.74, 6) is -0.227. The van der Waals surface area contributed by atoms with Crippen molar-refractivity contribution >= 4 is 23.3 Å². The van der Waals surface area contributed by atoms with Crippen molar-refractivity contribution in [2.75, 3.05) is 18.0 Å². The molecular formula is C20H26N2O3. The predicted octanol–water partition coefficient (Wildman–Crippen LogP) is 3.03. The largest absolute Gasteiger partial charge is 0.339 e. The highest BCUT2D eigenvalue weighted by atomic mass is 16.2. The number of anilines is 1. The van der Waals surface area contributed by atoms with E-state index in [1.54, 1.807) is 23.1 Å². The summed E-state index contributed by atoms with van der Waals surface area (Å²) in [7, 11) is 0. The van der Waals surface area contributed by atoms with Gasteiger partial charge in [0.1, 0.15) is 0 Å². The summed E-state index contributed by atoms with van der Waals surface area (Å²) in [6.45, 7) is 4.85. The van der Waals surface area contributed by atoms with E-state index in [2.05, 4.69) is 6.92 Å². The maximum atomic E-state index is 13.0. The zero-order valence-electron chi connectivity index (χ0n) is 15.0. The number of hydrogen-bond donors (Lipinski definition) is 0. The number of piperidine rings is 1. The molecule has 25 heavy (non-hydrogen) atoms. The Morgan fingerprint density at radius 2 is 2.04 bits per heavy atom. The summed E-state index contributed by atoms with van der Waals surface area (Å²) in [6.07, 6.45) is 4.52. The summed E-state index contributed by atoms with van der Waals surface area (Å²) in [6, 6.07) is 7.41. The second-order valence-electron chi connectivity index (χ2n) is 7.10. The lowest BCUT2D eigenvalue weighted by Gasteiger charge is -2.36. The quantitative estimate of drug-likeness (QED) is 0.790. The van der Waals surface area contributed by atoms with E-state index < -0.39 is 0 Å². The van der Waals surface area contributed by atoms with E-state index in [1.807, 2.05) is 11.0 Å². The molecule has 2 amide bonds. The number of Topliss-reactive ketones (excluding diaryl/α,β-unsaturated/α-hetero) is 1. The summed E-state index contributed by atoms with van der Waals surface area (Å²) in [5, 5.41) is 0. The van der Waals surface area contributed by atoms with Crippen LogP contribution in [0.5, 0.6) is 0 Å². The van der Waals surface area contributed by atoms with Gasteiger partial charge in [-0.1, -0.05) is 19.1 Å². The van der Waals surface area contributed by atoms with Gasteiger partial charge in [0.25, 0.3) is 0 Å². The van der Waals surface area contributed by atoms with Gasteiger partial charge in [0.05, 0.1) is 5.92 Å². The highest BCUT2D eigenvalue weighted by Crippen LogP contribution is 2.29. The number of rotatable bonds is 4. The van der Waals surface area contributed by atoms with Crippen molar-refractivity contribution in [2.45, 2.75) is 52.0 Å². The highest BCUT2D eigenvalue weighted by Gasteiger charge is 2.39. The molecule has 0 aromatic heterocycles. The van der Waals surface area contributed by atoms with Gasteiger partial charge in [-0.3, -0.25) is 14.4 Å². The Morgan fingerprint density at radius 1 is 1.24 bits per heavy atom. The second kappa shape index (κ2) is 7.38. The van der Waals surface area contributed by atoms with Crippen LogP contribution in [0.15, 0.2) is 24.3 Å². The first-order valence-electron chi connectivity index (χ1n) is 9.23. The summed E-state index contributed by atoms with van der Waals surface area (Å²) in [4.78, 5) is 40.7. The maximum absolute atomic E-state index is 13.0. The normalized spacial score (nSPS) is 23.8. The van der Waals surface area contributed by atoms with Gasteiger partial charge in [-0.2, -0.15) is 0 Å². The molecule has 0 spiro atoms. The molecule has 2 heterocycles. The minimum Gasteiger partial charge on any atom is -0.339 e. The molecule has 0 bridgehead atoms. The van der Waals surface area contributed by atoms with E-state index >= 15 is 0 Å². The van der Waals surface area contributed by atoms with Gasteiger partial charge in [0.2, 0.25) is 11.8 Å². The molecule has 2 atom stereocenters. The van der Waals surface area contributed by atoms with E-state index in [0.29, 0.717) is 23.8 Å². The topological polar surface area (TPSA) is 57.7 Å². The number of benzene rings is 1. The fourth-order valence-corrected chi connectivity index (χ4v) is 3.97. The second-order valence-corrected chi connectivity index (χ2v) is 7.10. The Morgan fingerprint density at radius 3 is 2.76 bits per heavy atom. The lowest BCUT2D eigenvalue weighted by molar-refractivity contribution is -0.139. The van der Waals surface area contributed by atoms with Crippen LogP contribution in [0.2, 0.25) is 0 Å². The van der Waals surface area contributed by atoms with Crippen molar-refractivity contribution in [1.29, 1.82) is 0 Å². The molecule has 0 radical (unpaired) electrons. The van der Waals surface area contributed by atoms with Crippen molar-refractivity contribution in [2.24, 2.45) is 5.92 Å². The number of nitrogens with zero attached hydrogens (tertiary/aromatic N) is 2. The third-order valence-corrected chi connectivity index (χ3v) is 5.42. The van der Waals surface area contributed by atoms with Crippen LogP contribution >= 0.6 is 0 Å². The number of ketones is 1. The van der Waals surface area contributed by atoms with Crippen LogP contribution in [-0.2, 0) is 9.59 Å². The monoisotopic (exact) mass is 342 g/mol. The molecule has 2 unspecified atom stereocenters. The minimum atomic E-state index is -0.277. The first-order chi connectivity index (χ1) is 12.0. The van der Waals surface area contributed by atoms with Crippen molar-refractivity contribution < 1.29 is 14.4 Å². The van der Waals surface area contributed by atoms with Crippen molar-refractivity contribution in [1.82, 2.24) is 4.90 Å². The highest BCUT2D eigenvalue weighted by molar-refractivity contribution is 6.02. The van der Waals surface area contributed by atoms with Crippen LogP contribution in [0.1, 0.15) is 56.3 Å². The third-order valence-electron chi connectivity index (χ3n) is 5.42. The summed E-state index contributed by atoms with van der Waals surface area (Å²) >= 11 is 0. The Balaban J connectivity index is 1.75. The van der Waals surface area contributed by atoms with E-state index in [9.17, 15) is 14.4 Å². The van der Waals surface area contributed by atoms with Crippen LogP contribution in [-0.4, -0.2) is 41.6 Å². The van der Waals surface area contributed by atoms with E-state index in [0.717, 1.165) is 25.8 Å².